The van der Waals surface area contributed by atoms with Gasteiger partial charge >= 0.3 is 27.8 Å². The molecule has 0 aliphatic heterocycles. The molecular weight excluding hydrogens is 704 g/mol. The average Bonchev–Trinajstić information content (AvgIpc) is 2.99. The van der Waals surface area contributed by atoms with Gasteiger partial charge in [-0.15, -0.1) is 0 Å². The van der Waals surface area contributed by atoms with E-state index < -0.39 is 81.7 Å². The van der Waals surface area contributed by atoms with E-state index in [1.165, 1.54) is 0 Å². The number of oxime groups is 1. The van der Waals surface area contributed by atoms with Gasteiger partial charge in [-0.05, 0) is 36.8 Å². The second kappa shape index (κ2) is 14.8. The van der Waals surface area contributed by atoms with Gasteiger partial charge in [0.25, 0.3) is 11.4 Å². The third-order valence-corrected chi connectivity index (χ3v) is 8.37. The summed E-state index contributed by atoms with van der Waals surface area (Å²) in [7, 11) is -4.41. The Labute approximate surface area is 274 Å². The van der Waals surface area contributed by atoms with Gasteiger partial charge in [0.15, 0.2) is 0 Å². The van der Waals surface area contributed by atoms with E-state index in [-0.39, 0.29) is 16.7 Å². The first-order valence-electron chi connectivity index (χ1n) is 12.7. The monoisotopic (exact) mass is 723 g/mol. The van der Waals surface area contributed by atoms with Crippen LogP contribution in [0.3, 0.4) is 0 Å². The van der Waals surface area contributed by atoms with Crippen molar-refractivity contribution in [2.75, 3.05) is 13.7 Å². The first kappa shape index (κ1) is 36.2. The second-order valence-electron chi connectivity index (χ2n) is 9.03. The van der Waals surface area contributed by atoms with Gasteiger partial charge in [0, 0.05) is 12.1 Å². The fourth-order valence-corrected chi connectivity index (χ4v) is 5.64. The number of hydrogen-bond acceptors (Lipinski definition) is 13. The summed E-state index contributed by atoms with van der Waals surface area (Å²) in [5, 5.41) is 25.4. The Morgan fingerprint density at radius 1 is 1.00 bits per heavy atom. The summed E-state index contributed by atoms with van der Waals surface area (Å²) in [5.41, 5.74) is -3.25. The summed E-state index contributed by atoms with van der Waals surface area (Å²) in [6, 6.07) is 5.14. The van der Waals surface area contributed by atoms with Gasteiger partial charge in [-0.3, -0.25) is 20.2 Å². The molecule has 2 aromatic carbocycles. The van der Waals surface area contributed by atoms with E-state index in [1.54, 1.807) is 0 Å². The molecule has 3 rings (SSSR count). The number of benzene rings is 2. The number of unbranched alkanes of at least 4 members (excludes halogenated alkanes) is 2. The van der Waals surface area contributed by atoms with Crippen LogP contribution in [0.2, 0.25) is 15.1 Å². The summed E-state index contributed by atoms with van der Waals surface area (Å²) < 4.78 is 58.8. The molecule has 1 atom stereocenters. The highest BCUT2D eigenvalue weighted by atomic mass is 35.5. The SMILES string of the molecule is CCCCCOC(=O)C1=CC(=NOC)[C@](F)([N+](=O)[O-])C(OC(=O)c2ccc([N+](=O)[O-])cc2)=C1OS(=O)(=O)c1cc(Cl)c(Cl)cc1Cl. The van der Waals surface area contributed by atoms with Crippen molar-refractivity contribution >= 4 is 68.3 Å². The lowest BCUT2D eigenvalue weighted by Crippen LogP contribution is -2.48. The first-order valence-corrected chi connectivity index (χ1v) is 15.3. The number of carbonyl (C=O) groups is 2. The summed E-state index contributed by atoms with van der Waals surface area (Å²) in [6.45, 7) is 1.63. The molecular formula is C26H21Cl3FN3O12S. The fourth-order valence-electron chi connectivity index (χ4n) is 3.71. The lowest BCUT2D eigenvalue weighted by molar-refractivity contribution is -0.573. The minimum absolute atomic E-state index is 0.173. The molecule has 0 unspecified atom stereocenters. The molecule has 46 heavy (non-hydrogen) atoms. The Morgan fingerprint density at radius 3 is 2.20 bits per heavy atom. The number of nitro benzene ring substituents is 1. The zero-order valence-electron chi connectivity index (χ0n) is 23.5. The molecule has 0 saturated heterocycles. The van der Waals surface area contributed by atoms with E-state index in [4.69, 9.17) is 48.5 Å². The largest absolute Gasteiger partial charge is 0.466 e. The number of ether oxygens (including phenoxy) is 2. The average molecular weight is 725 g/mol. The van der Waals surface area contributed by atoms with Gasteiger partial charge in [-0.2, -0.15) is 12.8 Å². The van der Waals surface area contributed by atoms with Crippen molar-refractivity contribution < 1.29 is 50.7 Å². The zero-order valence-corrected chi connectivity index (χ0v) is 26.6. The molecule has 0 amide bonds. The van der Waals surface area contributed by atoms with Crippen molar-refractivity contribution in [2.45, 2.75) is 36.9 Å². The van der Waals surface area contributed by atoms with Crippen molar-refractivity contribution in [3.63, 3.8) is 0 Å². The highest BCUT2D eigenvalue weighted by Gasteiger charge is 2.62. The molecule has 1 aliphatic rings. The number of esters is 2. The number of halogens is 4. The predicted molar refractivity (Wildman–Crippen MR) is 159 cm³/mol. The van der Waals surface area contributed by atoms with Crippen LogP contribution in [0, 0.1) is 20.2 Å². The number of alkyl halides is 1. The fraction of sp³-hybridized carbons (Fsp3) is 0.269. The molecule has 0 spiro atoms. The van der Waals surface area contributed by atoms with Crippen molar-refractivity contribution in [2.24, 2.45) is 5.16 Å². The van der Waals surface area contributed by atoms with E-state index in [2.05, 4.69) is 9.99 Å². The van der Waals surface area contributed by atoms with Crippen molar-refractivity contribution in [1.29, 1.82) is 0 Å². The van der Waals surface area contributed by atoms with E-state index in [9.17, 15) is 38.2 Å². The van der Waals surface area contributed by atoms with Crippen LogP contribution >= 0.6 is 34.8 Å². The van der Waals surface area contributed by atoms with Gasteiger partial charge in [-0.1, -0.05) is 59.7 Å². The zero-order chi connectivity index (χ0) is 34.4. The Balaban J connectivity index is 2.31. The third-order valence-electron chi connectivity index (χ3n) is 5.96. The first-order chi connectivity index (χ1) is 21.6. The van der Waals surface area contributed by atoms with Gasteiger partial charge in [-0.25, -0.2) is 9.59 Å². The molecule has 0 radical (unpaired) electrons. The Kier molecular flexibility index (Phi) is 11.7. The molecule has 1 aliphatic carbocycles. The van der Waals surface area contributed by atoms with Crippen LogP contribution in [0.25, 0.3) is 0 Å². The molecule has 20 heteroatoms. The molecule has 0 heterocycles. The van der Waals surface area contributed by atoms with E-state index in [1.807, 2.05) is 6.92 Å². The number of nitrogens with zero attached hydrogens (tertiary/aromatic N) is 3. The summed E-state index contributed by atoms with van der Waals surface area (Å²) in [6.07, 6.45) is 2.09. The normalized spacial score (nSPS) is 17.3. The molecule has 0 aromatic heterocycles. The minimum Gasteiger partial charge on any atom is -0.462 e. The van der Waals surface area contributed by atoms with Crippen molar-refractivity contribution in [3.8, 4) is 0 Å². The summed E-state index contributed by atoms with van der Waals surface area (Å²) in [4.78, 5) is 50.8. The van der Waals surface area contributed by atoms with Gasteiger partial charge in [0.2, 0.25) is 11.5 Å². The predicted octanol–water partition coefficient (Wildman–Crippen LogP) is 5.95. The highest BCUT2D eigenvalue weighted by molar-refractivity contribution is 7.87. The van der Waals surface area contributed by atoms with Crippen LogP contribution in [0.5, 0.6) is 0 Å². The van der Waals surface area contributed by atoms with E-state index in [0.717, 1.165) is 49.9 Å². The van der Waals surface area contributed by atoms with E-state index in [0.29, 0.717) is 18.9 Å². The van der Waals surface area contributed by atoms with Crippen molar-refractivity contribution in [1.82, 2.24) is 0 Å². The molecule has 0 bridgehead atoms. The third kappa shape index (κ3) is 7.72. The standard InChI is InChI=1S/C26H21Cl3FN3O12S/c1-3-4-5-10-43-25(35)16-11-21(31-42-2)26(30,33(38)39)23(44-24(34)14-6-8-15(9-7-14)32(36)37)22(16)45-46(40,41)20-13-18(28)17(27)12-19(20)29/h6-9,11-13H,3-5,10H2,1-2H3/t26-/m0/s1. The number of non-ortho nitro benzene ring substituents is 1. The Bertz CT molecular complexity index is 1780. The Hall–Kier alpha value is -4.32. The maximum atomic E-state index is 16.6. The highest BCUT2D eigenvalue weighted by Crippen LogP contribution is 2.41. The smallest absolute Gasteiger partial charge is 0.462 e. The topological polar surface area (TPSA) is 204 Å². The number of rotatable bonds is 13. The minimum atomic E-state index is -5.29. The van der Waals surface area contributed by atoms with Gasteiger partial charge in [0.1, 0.15) is 17.6 Å². The van der Waals surface area contributed by atoms with Crippen LogP contribution in [0.4, 0.5) is 10.1 Å². The van der Waals surface area contributed by atoms with Gasteiger partial charge in [0.05, 0.1) is 37.1 Å². The number of carbonyl (C=O) groups excluding carboxylic acids is 2. The molecule has 0 N–H and O–H groups in total. The molecule has 15 nitrogen and oxygen atoms in total. The number of hydrogen-bond donors (Lipinski definition) is 0. The summed E-state index contributed by atoms with van der Waals surface area (Å²) in [5.74, 6) is -10.5. The van der Waals surface area contributed by atoms with Gasteiger partial charge < -0.3 is 18.5 Å². The quantitative estimate of drug-likeness (QED) is 0.0447. The lowest BCUT2D eigenvalue weighted by atomic mass is 9.95. The Morgan fingerprint density at radius 2 is 1.63 bits per heavy atom. The molecule has 2 aromatic rings. The molecule has 246 valence electrons. The van der Waals surface area contributed by atoms with Crippen LogP contribution in [0.15, 0.2) is 69.6 Å². The molecule has 0 fully saturated rings. The maximum Gasteiger partial charge on any atom is 0.466 e. The van der Waals surface area contributed by atoms with Crippen LogP contribution in [-0.2, 0) is 33.4 Å². The number of nitro groups is 2. The van der Waals surface area contributed by atoms with Crippen LogP contribution < -0.4 is 0 Å². The summed E-state index contributed by atoms with van der Waals surface area (Å²) >= 11 is 17.8. The maximum absolute atomic E-state index is 16.6. The van der Waals surface area contributed by atoms with Crippen LogP contribution in [0.1, 0.15) is 36.5 Å². The van der Waals surface area contributed by atoms with Crippen LogP contribution in [-0.4, -0.2) is 55.4 Å². The lowest BCUT2D eigenvalue weighted by Gasteiger charge is -2.26. The second-order valence-corrected chi connectivity index (χ2v) is 11.8. The van der Waals surface area contributed by atoms with E-state index >= 15 is 4.39 Å². The van der Waals surface area contributed by atoms with Crippen molar-refractivity contribution in [3.05, 3.63) is 100 Å². The molecule has 0 saturated carbocycles.